The van der Waals surface area contributed by atoms with E-state index in [4.69, 9.17) is 4.74 Å². The van der Waals surface area contributed by atoms with Crippen LogP contribution >= 0.6 is 0 Å². The van der Waals surface area contributed by atoms with E-state index in [1.54, 1.807) is 6.33 Å². The lowest BCUT2D eigenvalue weighted by molar-refractivity contribution is 0.121. The van der Waals surface area contributed by atoms with Crippen LogP contribution < -0.4 is 4.74 Å². The quantitative estimate of drug-likeness (QED) is 0.820. The van der Waals surface area contributed by atoms with Gasteiger partial charge in [-0.25, -0.2) is 9.37 Å². The second-order valence-corrected chi connectivity index (χ2v) is 3.87. The van der Waals surface area contributed by atoms with Crippen molar-refractivity contribution in [3.63, 3.8) is 0 Å². The summed E-state index contributed by atoms with van der Waals surface area (Å²) in [6.07, 6.45) is 5.11. The molecule has 0 unspecified atom stereocenters. The van der Waals surface area contributed by atoms with Gasteiger partial charge in [0, 0.05) is 6.07 Å². The largest absolute Gasteiger partial charge is 0.488 e. The van der Waals surface area contributed by atoms with Crippen molar-refractivity contribution in [3.05, 3.63) is 24.3 Å². The van der Waals surface area contributed by atoms with Crippen LogP contribution in [0.15, 0.2) is 18.5 Å². The molecule has 0 aliphatic heterocycles. The number of aromatic amines is 1. The molecule has 0 amide bonds. The number of halogens is 1. The maximum absolute atomic E-state index is 13.2. The first-order valence-corrected chi connectivity index (χ1v) is 5.12. The molecule has 1 fully saturated rings. The molecule has 1 aromatic carbocycles. The van der Waals surface area contributed by atoms with Gasteiger partial charge in [-0.15, -0.1) is 0 Å². The van der Waals surface area contributed by atoms with Crippen molar-refractivity contribution in [2.75, 3.05) is 0 Å². The van der Waals surface area contributed by atoms with Gasteiger partial charge < -0.3 is 9.72 Å². The maximum atomic E-state index is 13.2. The topological polar surface area (TPSA) is 37.9 Å². The average Bonchev–Trinajstić information content (AvgIpc) is 2.58. The first-order chi connectivity index (χ1) is 7.33. The molecule has 1 aliphatic carbocycles. The highest BCUT2D eigenvalue weighted by Gasteiger charge is 2.20. The van der Waals surface area contributed by atoms with Crippen LogP contribution in [0.3, 0.4) is 0 Å². The molecule has 3 nitrogen and oxygen atoms in total. The summed E-state index contributed by atoms with van der Waals surface area (Å²) in [5.41, 5.74) is 1.40. The lowest BCUT2D eigenvalue weighted by Crippen LogP contribution is -2.24. The molecule has 0 saturated heterocycles. The molecule has 1 aliphatic rings. The zero-order chi connectivity index (χ0) is 10.3. The van der Waals surface area contributed by atoms with E-state index in [9.17, 15) is 4.39 Å². The second-order valence-electron chi connectivity index (χ2n) is 3.87. The molecule has 1 saturated carbocycles. The maximum Gasteiger partial charge on any atom is 0.150 e. The Labute approximate surface area is 86.3 Å². The molecular weight excluding hydrogens is 195 g/mol. The van der Waals surface area contributed by atoms with E-state index in [0.29, 0.717) is 16.8 Å². The zero-order valence-corrected chi connectivity index (χ0v) is 8.16. The third-order valence-corrected chi connectivity index (χ3v) is 2.80. The molecule has 15 heavy (non-hydrogen) atoms. The third kappa shape index (κ3) is 1.46. The zero-order valence-electron chi connectivity index (χ0n) is 8.16. The predicted octanol–water partition coefficient (Wildman–Crippen LogP) is 2.63. The van der Waals surface area contributed by atoms with Crippen LogP contribution in [0.2, 0.25) is 0 Å². The number of rotatable bonds is 2. The summed E-state index contributed by atoms with van der Waals surface area (Å²) in [6, 6.07) is 2.83. The number of hydrogen-bond donors (Lipinski definition) is 1. The van der Waals surface area contributed by atoms with E-state index in [2.05, 4.69) is 9.97 Å². The van der Waals surface area contributed by atoms with E-state index in [1.807, 2.05) is 0 Å². The van der Waals surface area contributed by atoms with Crippen LogP contribution in [-0.4, -0.2) is 16.1 Å². The van der Waals surface area contributed by atoms with Gasteiger partial charge >= 0.3 is 0 Å². The number of aromatic nitrogens is 2. The number of imidazole rings is 1. The fourth-order valence-electron chi connectivity index (χ4n) is 1.74. The molecule has 2 aromatic rings. The number of nitrogens with zero attached hydrogens (tertiary/aromatic N) is 1. The van der Waals surface area contributed by atoms with Gasteiger partial charge in [0.2, 0.25) is 0 Å². The monoisotopic (exact) mass is 206 g/mol. The highest BCUT2D eigenvalue weighted by molar-refractivity contribution is 5.81. The number of fused-ring (bicyclic) bond motifs is 1. The van der Waals surface area contributed by atoms with Crippen molar-refractivity contribution in [1.29, 1.82) is 0 Å². The van der Waals surface area contributed by atoms with Crippen LogP contribution in [0.5, 0.6) is 5.75 Å². The summed E-state index contributed by atoms with van der Waals surface area (Å²) in [5.74, 6) is 0.261. The molecule has 0 atom stereocenters. The summed E-state index contributed by atoms with van der Waals surface area (Å²) in [5, 5.41) is 0. The van der Waals surface area contributed by atoms with Crippen molar-refractivity contribution in [3.8, 4) is 5.75 Å². The van der Waals surface area contributed by atoms with E-state index in [-0.39, 0.29) is 11.9 Å². The minimum atomic E-state index is -0.291. The number of hydrogen-bond acceptors (Lipinski definition) is 2. The number of benzene rings is 1. The minimum Gasteiger partial charge on any atom is -0.488 e. The SMILES string of the molecule is Fc1cc(OC2CCC2)c2nc[nH]c2c1. The summed E-state index contributed by atoms with van der Waals surface area (Å²) in [4.78, 5) is 7.00. The van der Waals surface area contributed by atoms with Crippen LogP contribution in [0.4, 0.5) is 4.39 Å². The Bertz CT molecular complexity index is 490. The first kappa shape index (κ1) is 8.71. The van der Waals surface area contributed by atoms with Crippen LogP contribution in [0.25, 0.3) is 11.0 Å². The molecule has 1 N–H and O–H groups in total. The lowest BCUT2D eigenvalue weighted by atomic mass is 9.96. The van der Waals surface area contributed by atoms with E-state index in [0.717, 1.165) is 12.8 Å². The molecule has 1 aromatic heterocycles. The van der Waals surface area contributed by atoms with Gasteiger partial charge in [-0.05, 0) is 25.3 Å². The van der Waals surface area contributed by atoms with Crippen LogP contribution in [0, 0.1) is 5.82 Å². The van der Waals surface area contributed by atoms with Crippen molar-refractivity contribution in [2.45, 2.75) is 25.4 Å². The Morgan fingerprint density at radius 3 is 3.00 bits per heavy atom. The summed E-state index contributed by atoms with van der Waals surface area (Å²) in [7, 11) is 0. The summed E-state index contributed by atoms with van der Waals surface area (Å²) < 4.78 is 18.9. The highest BCUT2D eigenvalue weighted by Crippen LogP contribution is 2.30. The first-order valence-electron chi connectivity index (χ1n) is 5.12. The van der Waals surface area contributed by atoms with Gasteiger partial charge in [0.05, 0.1) is 17.9 Å². The van der Waals surface area contributed by atoms with Gasteiger partial charge in [0.1, 0.15) is 17.1 Å². The molecule has 0 spiro atoms. The van der Waals surface area contributed by atoms with E-state index < -0.39 is 0 Å². The van der Waals surface area contributed by atoms with Gasteiger partial charge in [0.15, 0.2) is 0 Å². The van der Waals surface area contributed by atoms with Crippen molar-refractivity contribution < 1.29 is 9.13 Å². The Balaban J connectivity index is 2.02. The minimum absolute atomic E-state index is 0.242. The number of H-pyrrole nitrogens is 1. The molecule has 4 heteroatoms. The molecule has 1 heterocycles. The summed E-state index contributed by atoms with van der Waals surface area (Å²) >= 11 is 0. The predicted molar refractivity (Wildman–Crippen MR) is 54.3 cm³/mol. The third-order valence-electron chi connectivity index (χ3n) is 2.80. The Kier molecular flexibility index (Phi) is 1.87. The lowest BCUT2D eigenvalue weighted by Gasteiger charge is -2.26. The second kappa shape index (κ2) is 3.22. The molecule has 3 rings (SSSR count). The Hall–Kier alpha value is -1.58. The Morgan fingerprint density at radius 2 is 2.27 bits per heavy atom. The molecular formula is C11H11FN2O. The van der Waals surface area contributed by atoms with Gasteiger partial charge in [-0.1, -0.05) is 0 Å². The van der Waals surface area contributed by atoms with Gasteiger partial charge in [0.25, 0.3) is 0 Å². The molecule has 0 bridgehead atoms. The standard InChI is InChI=1S/C11H11FN2O/c12-7-4-9-11(14-6-13-9)10(5-7)15-8-2-1-3-8/h4-6,8H,1-3H2,(H,13,14). The van der Waals surface area contributed by atoms with Gasteiger partial charge in [-0.2, -0.15) is 0 Å². The van der Waals surface area contributed by atoms with E-state index in [1.165, 1.54) is 18.6 Å². The van der Waals surface area contributed by atoms with E-state index >= 15 is 0 Å². The van der Waals surface area contributed by atoms with Crippen LogP contribution in [0.1, 0.15) is 19.3 Å². The van der Waals surface area contributed by atoms with Crippen molar-refractivity contribution in [2.24, 2.45) is 0 Å². The average molecular weight is 206 g/mol. The highest BCUT2D eigenvalue weighted by atomic mass is 19.1. The normalized spacial score (nSPS) is 16.6. The number of ether oxygens (including phenoxy) is 1. The summed E-state index contributed by atoms with van der Waals surface area (Å²) in [6.45, 7) is 0. The Morgan fingerprint density at radius 1 is 1.40 bits per heavy atom. The van der Waals surface area contributed by atoms with Crippen molar-refractivity contribution >= 4 is 11.0 Å². The molecule has 0 radical (unpaired) electrons. The van der Waals surface area contributed by atoms with Crippen LogP contribution in [-0.2, 0) is 0 Å². The fraction of sp³-hybridized carbons (Fsp3) is 0.364. The van der Waals surface area contributed by atoms with Gasteiger partial charge in [-0.3, -0.25) is 0 Å². The van der Waals surface area contributed by atoms with Crippen molar-refractivity contribution in [1.82, 2.24) is 9.97 Å². The molecule has 78 valence electrons. The number of nitrogens with one attached hydrogen (secondary N) is 1. The smallest absolute Gasteiger partial charge is 0.150 e. The fourth-order valence-corrected chi connectivity index (χ4v) is 1.74.